The molecule has 0 aliphatic rings. The topological polar surface area (TPSA) is 13.1 Å². The minimum absolute atomic E-state index is 0.892. The van der Waals surface area contributed by atoms with Gasteiger partial charge in [0.1, 0.15) is 11.3 Å². The van der Waals surface area contributed by atoms with E-state index in [1.54, 1.807) is 0 Å². The van der Waals surface area contributed by atoms with Crippen LogP contribution in [0.15, 0.2) is 150 Å². The summed E-state index contributed by atoms with van der Waals surface area (Å²) in [6.45, 7) is 0. The monoisotopic (exact) mass is 496 g/mol. The quantitative estimate of drug-likeness (QED) is 0.222. The van der Waals surface area contributed by atoms with Crippen LogP contribution in [0, 0.1) is 0 Å². The lowest BCUT2D eigenvalue weighted by Crippen LogP contribution is -1.91. The number of benzene rings is 7. The van der Waals surface area contributed by atoms with Crippen LogP contribution in [0.3, 0.4) is 0 Å². The van der Waals surface area contributed by atoms with Crippen LogP contribution < -0.4 is 0 Å². The molecule has 0 radical (unpaired) electrons. The summed E-state index contributed by atoms with van der Waals surface area (Å²) in [5, 5.41) is 8.71. The molecular weight excluding hydrogens is 472 g/mol. The molecule has 1 heteroatoms. The van der Waals surface area contributed by atoms with Crippen LogP contribution >= 0.6 is 0 Å². The van der Waals surface area contributed by atoms with Crippen molar-refractivity contribution >= 4 is 43.3 Å². The maximum Gasteiger partial charge on any atom is 0.135 e. The molecule has 0 saturated carbocycles. The zero-order valence-corrected chi connectivity index (χ0v) is 21.3. The van der Waals surface area contributed by atoms with Gasteiger partial charge in [-0.2, -0.15) is 0 Å². The van der Waals surface area contributed by atoms with E-state index in [0.717, 1.165) is 22.3 Å². The summed E-state index contributed by atoms with van der Waals surface area (Å²) in [5.41, 5.74) is 7.02. The predicted molar refractivity (Wildman–Crippen MR) is 165 cm³/mol. The maximum absolute atomic E-state index is 6.14. The smallest absolute Gasteiger partial charge is 0.135 e. The zero-order chi connectivity index (χ0) is 25.8. The Morgan fingerprint density at radius 2 is 0.872 bits per heavy atom. The molecule has 0 aliphatic heterocycles. The van der Waals surface area contributed by atoms with Crippen molar-refractivity contribution in [2.24, 2.45) is 0 Å². The second-order valence-electron chi connectivity index (χ2n) is 10.1. The van der Waals surface area contributed by atoms with Gasteiger partial charge in [-0.1, -0.05) is 133 Å². The van der Waals surface area contributed by atoms with Crippen LogP contribution in [0.4, 0.5) is 0 Å². The summed E-state index contributed by atoms with van der Waals surface area (Å²) in [7, 11) is 0. The lowest BCUT2D eigenvalue weighted by Gasteiger charge is -2.19. The van der Waals surface area contributed by atoms with Gasteiger partial charge in [-0.05, 0) is 66.7 Å². The molecule has 0 aliphatic carbocycles. The lowest BCUT2D eigenvalue weighted by atomic mass is 9.84. The standard InChI is InChI=1S/C38H24O/c1-3-13-29-25(10-1)12-9-18-30(29)38-33-16-6-4-14-31(33)37(32-15-5-7-17-34(32)38)27-22-20-26(21-23-27)36-24-28-11-2-8-19-35(28)39-36/h1-24H. The molecule has 0 atom stereocenters. The summed E-state index contributed by atoms with van der Waals surface area (Å²) < 4.78 is 6.14. The first-order valence-corrected chi connectivity index (χ1v) is 13.4. The molecule has 0 amide bonds. The first kappa shape index (κ1) is 21.9. The number of furan rings is 1. The van der Waals surface area contributed by atoms with Gasteiger partial charge in [0.15, 0.2) is 0 Å². The molecule has 182 valence electrons. The Kier molecular flexibility index (Phi) is 4.89. The predicted octanol–water partition coefficient (Wildman–Crippen LogP) is 10.9. The number of hydrogen-bond acceptors (Lipinski definition) is 1. The van der Waals surface area contributed by atoms with Crippen LogP contribution in [0.1, 0.15) is 0 Å². The summed E-state index contributed by atoms with van der Waals surface area (Å²) >= 11 is 0. The molecule has 0 bridgehead atoms. The van der Waals surface area contributed by atoms with E-state index in [2.05, 4.69) is 127 Å². The van der Waals surface area contributed by atoms with E-state index >= 15 is 0 Å². The van der Waals surface area contributed by atoms with Gasteiger partial charge in [-0.3, -0.25) is 0 Å². The molecule has 39 heavy (non-hydrogen) atoms. The van der Waals surface area contributed by atoms with E-state index in [1.807, 2.05) is 18.2 Å². The second kappa shape index (κ2) is 8.72. The van der Waals surface area contributed by atoms with Crippen LogP contribution in [-0.2, 0) is 0 Å². The Hall–Kier alpha value is -5.14. The van der Waals surface area contributed by atoms with Gasteiger partial charge in [0.25, 0.3) is 0 Å². The highest BCUT2D eigenvalue weighted by Gasteiger charge is 2.18. The molecule has 0 spiro atoms. The van der Waals surface area contributed by atoms with E-state index in [1.165, 1.54) is 54.6 Å². The Balaban J connectivity index is 1.38. The van der Waals surface area contributed by atoms with Crippen LogP contribution in [0.25, 0.3) is 76.9 Å². The summed E-state index contributed by atoms with van der Waals surface area (Å²) in [6.07, 6.45) is 0. The average Bonchev–Trinajstić information content (AvgIpc) is 3.44. The molecule has 0 saturated heterocycles. The van der Waals surface area contributed by atoms with Crippen molar-refractivity contribution in [1.82, 2.24) is 0 Å². The molecule has 1 nitrogen and oxygen atoms in total. The maximum atomic E-state index is 6.14. The van der Waals surface area contributed by atoms with E-state index in [-0.39, 0.29) is 0 Å². The van der Waals surface area contributed by atoms with Gasteiger partial charge < -0.3 is 4.42 Å². The Morgan fingerprint density at radius 1 is 0.359 bits per heavy atom. The third-order valence-electron chi connectivity index (χ3n) is 7.87. The normalized spacial score (nSPS) is 11.6. The fourth-order valence-electron chi connectivity index (χ4n) is 6.10. The fraction of sp³-hybridized carbons (Fsp3) is 0. The molecular formula is C38H24O. The van der Waals surface area contributed by atoms with Crippen molar-refractivity contribution in [3.8, 4) is 33.6 Å². The largest absolute Gasteiger partial charge is 0.456 e. The number of para-hydroxylation sites is 1. The SMILES string of the molecule is c1ccc2oc(-c3ccc(-c4c5ccccc5c(-c5cccc6ccccc56)c5ccccc45)cc3)cc2c1. The molecule has 7 aromatic carbocycles. The number of hydrogen-bond donors (Lipinski definition) is 0. The van der Waals surface area contributed by atoms with Gasteiger partial charge in [0.05, 0.1) is 0 Å². The minimum atomic E-state index is 0.892. The fourth-order valence-corrected chi connectivity index (χ4v) is 6.10. The first-order valence-electron chi connectivity index (χ1n) is 13.4. The van der Waals surface area contributed by atoms with E-state index in [0.29, 0.717) is 0 Å². The van der Waals surface area contributed by atoms with Crippen LogP contribution in [0.2, 0.25) is 0 Å². The van der Waals surface area contributed by atoms with Crippen molar-refractivity contribution < 1.29 is 4.42 Å². The highest BCUT2D eigenvalue weighted by molar-refractivity contribution is 6.23. The Morgan fingerprint density at radius 3 is 1.54 bits per heavy atom. The van der Waals surface area contributed by atoms with Crippen molar-refractivity contribution in [3.63, 3.8) is 0 Å². The van der Waals surface area contributed by atoms with Gasteiger partial charge in [0.2, 0.25) is 0 Å². The molecule has 1 aromatic heterocycles. The van der Waals surface area contributed by atoms with E-state index in [9.17, 15) is 0 Å². The van der Waals surface area contributed by atoms with Crippen molar-refractivity contribution in [3.05, 3.63) is 146 Å². The third-order valence-corrected chi connectivity index (χ3v) is 7.87. The highest BCUT2D eigenvalue weighted by atomic mass is 16.3. The Labute approximate surface area is 226 Å². The lowest BCUT2D eigenvalue weighted by molar-refractivity contribution is 0.631. The molecule has 1 heterocycles. The first-order chi connectivity index (χ1) is 19.3. The summed E-state index contributed by atoms with van der Waals surface area (Å²) in [4.78, 5) is 0. The van der Waals surface area contributed by atoms with Gasteiger partial charge in [-0.15, -0.1) is 0 Å². The number of fused-ring (bicyclic) bond motifs is 4. The van der Waals surface area contributed by atoms with E-state index < -0.39 is 0 Å². The third kappa shape index (κ3) is 3.48. The van der Waals surface area contributed by atoms with Crippen molar-refractivity contribution in [1.29, 1.82) is 0 Å². The molecule has 0 N–H and O–H groups in total. The second-order valence-corrected chi connectivity index (χ2v) is 10.1. The van der Waals surface area contributed by atoms with E-state index in [4.69, 9.17) is 4.42 Å². The van der Waals surface area contributed by atoms with Gasteiger partial charge in [-0.25, -0.2) is 0 Å². The van der Waals surface area contributed by atoms with Gasteiger partial charge >= 0.3 is 0 Å². The number of rotatable bonds is 3. The molecule has 8 aromatic rings. The minimum Gasteiger partial charge on any atom is -0.456 e. The van der Waals surface area contributed by atoms with Crippen LogP contribution in [0.5, 0.6) is 0 Å². The Bertz CT molecular complexity index is 2070. The van der Waals surface area contributed by atoms with Gasteiger partial charge in [0, 0.05) is 10.9 Å². The van der Waals surface area contributed by atoms with Crippen molar-refractivity contribution in [2.75, 3.05) is 0 Å². The molecule has 8 rings (SSSR count). The average molecular weight is 497 g/mol. The molecule has 0 fully saturated rings. The zero-order valence-electron chi connectivity index (χ0n) is 21.3. The van der Waals surface area contributed by atoms with Crippen LogP contribution in [-0.4, -0.2) is 0 Å². The summed E-state index contributed by atoms with van der Waals surface area (Å²) in [6, 6.07) is 52.1. The van der Waals surface area contributed by atoms with Crippen molar-refractivity contribution in [2.45, 2.75) is 0 Å². The molecule has 0 unspecified atom stereocenters. The summed E-state index contributed by atoms with van der Waals surface area (Å²) in [5.74, 6) is 0.892. The highest BCUT2D eigenvalue weighted by Crippen LogP contribution is 2.45.